The Morgan fingerprint density at radius 2 is 1.79 bits per heavy atom. The van der Waals surface area contributed by atoms with Crippen molar-refractivity contribution in [1.82, 2.24) is 0 Å². The second kappa shape index (κ2) is 8.66. The van der Waals surface area contributed by atoms with Crippen LogP contribution in [0.5, 0.6) is 0 Å². The summed E-state index contributed by atoms with van der Waals surface area (Å²) in [6, 6.07) is 10.4. The van der Waals surface area contributed by atoms with Crippen LogP contribution in [0, 0.1) is 34.8 Å². The predicted octanol–water partition coefficient (Wildman–Crippen LogP) is 7.53. The molecule has 1 fully saturated rings. The van der Waals surface area contributed by atoms with Crippen LogP contribution in [0.2, 0.25) is 0 Å². The first-order chi connectivity index (χ1) is 14.1. The third-order valence-corrected chi connectivity index (χ3v) is 7.12. The highest BCUT2D eigenvalue weighted by Crippen LogP contribution is 2.48. The van der Waals surface area contributed by atoms with E-state index in [0.29, 0.717) is 11.5 Å². The van der Waals surface area contributed by atoms with Gasteiger partial charge in [-0.25, -0.2) is 8.78 Å². The Bertz CT molecular complexity index is 904. The highest BCUT2D eigenvalue weighted by Gasteiger charge is 2.35. The highest BCUT2D eigenvalue weighted by molar-refractivity contribution is 5.66. The van der Waals surface area contributed by atoms with Crippen LogP contribution in [-0.2, 0) is 6.42 Å². The number of hydrogen-bond acceptors (Lipinski definition) is 1. The van der Waals surface area contributed by atoms with Crippen molar-refractivity contribution < 1.29 is 8.78 Å². The van der Waals surface area contributed by atoms with Crippen LogP contribution < -0.4 is 0 Å². The maximum atomic E-state index is 14.0. The molecule has 29 heavy (non-hydrogen) atoms. The number of unbranched alkanes of at least 4 members (excludes halogenated alkanes) is 2. The fourth-order valence-corrected chi connectivity index (χ4v) is 5.59. The summed E-state index contributed by atoms with van der Waals surface area (Å²) >= 11 is 0. The molecule has 152 valence electrons. The number of aryl methyl sites for hydroxylation is 1. The van der Waals surface area contributed by atoms with Gasteiger partial charge in [-0.2, -0.15) is 5.26 Å². The van der Waals surface area contributed by atoms with Gasteiger partial charge in [-0.1, -0.05) is 50.8 Å². The molecule has 0 aromatic heterocycles. The maximum Gasteiger partial charge on any atom is 0.144 e. The van der Waals surface area contributed by atoms with Crippen molar-refractivity contribution in [3.8, 4) is 17.2 Å². The fraction of sp³-hybridized carbons (Fsp3) is 0.500. The van der Waals surface area contributed by atoms with E-state index in [1.165, 1.54) is 74.6 Å². The molecular formula is C26H29F2N. The molecule has 2 aliphatic rings. The molecule has 0 spiro atoms. The Labute approximate surface area is 172 Å². The number of hydrogen-bond donors (Lipinski definition) is 0. The largest absolute Gasteiger partial charge is 0.205 e. The molecule has 2 aromatic rings. The zero-order chi connectivity index (χ0) is 20.4. The van der Waals surface area contributed by atoms with E-state index in [1.54, 1.807) is 6.07 Å². The molecule has 2 aromatic carbocycles. The molecule has 1 nitrogen and oxygen atoms in total. The van der Waals surface area contributed by atoms with Crippen LogP contribution in [0.4, 0.5) is 8.78 Å². The van der Waals surface area contributed by atoms with E-state index in [-0.39, 0.29) is 0 Å². The Kier molecular flexibility index (Phi) is 5.99. The minimum absolute atomic E-state index is 0.503. The first-order valence-corrected chi connectivity index (χ1v) is 11.1. The van der Waals surface area contributed by atoms with Gasteiger partial charge < -0.3 is 0 Å². The molecule has 2 aliphatic carbocycles. The summed E-state index contributed by atoms with van der Waals surface area (Å²) in [5.74, 6) is 0.750. The van der Waals surface area contributed by atoms with E-state index >= 15 is 0 Å². The molecule has 0 saturated heterocycles. The van der Waals surface area contributed by atoms with Gasteiger partial charge in [-0.3, -0.25) is 0 Å². The summed E-state index contributed by atoms with van der Waals surface area (Å²) in [7, 11) is 0. The highest BCUT2D eigenvalue weighted by atomic mass is 19.1. The van der Waals surface area contributed by atoms with E-state index in [1.807, 2.05) is 6.07 Å². The molecule has 3 atom stereocenters. The van der Waals surface area contributed by atoms with Crippen molar-refractivity contribution in [2.24, 2.45) is 11.8 Å². The van der Waals surface area contributed by atoms with Crippen LogP contribution in [0.1, 0.15) is 80.9 Å². The van der Waals surface area contributed by atoms with Crippen molar-refractivity contribution in [2.75, 3.05) is 0 Å². The number of nitriles is 1. The molecule has 3 unspecified atom stereocenters. The summed E-state index contributed by atoms with van der Waals surface area (Å²) < 4.78 is 28.1. The molecule has 0 N–H and O–H groups in total. The lowest BCUT2D eigenvalue weighted by molar-refractivity contribution is 0.199. The molecule has 0 heterocycles. The van der Waals surface area contributed by atoms with Gasteiger partial charge in [0.1, 0.15) is 23.3 Å². The van der Waals surface area contributed by atoms with Crippen molar-refractivity contribution >= 4 is 0 Å². The Hall–Kier alpha value is -2.21. The topological polar surface area (TPSA) is 23.8 Å². The van der Waals surface area contributed by atoms with Gasteiger partial charge in [0, 0.05) is 0 Å². The summed E-state index contributed by atoms with van der Waals surface area (Å²) in [5, 5.41) is 8.88. The molecular weight excluding hydrogens is 364 g/mol. The molecule has 0 aliphatic heterocycles. The minimum Gasteiger partial charge on any atom is -0.205 e. The van der Waals surface area contributed by atoms with E-state index in [0.717, 1.165) is 23.8 Å². The summed E-state index contributed by atoms with van der Waals surface area (Å²) in [5.41, 5.74) is 3.61. The first kappa shape index (κ1) is 20.1. The number of halogens is 2. The lowest BCUT2D eigenvalue weighted by Crippen LogP contribution is -2.28. The van der Waals surface area contributed by atoms with E-state index < -0.39 is 17.2 Å². The van der Waals surface area contributed by atoms with Crippen molar-refractivity contribution in [3.05, 3.63) is 58.7 Å². The van der Waals surface area contributed by atoms with E-state index in [9.17, 15) is 8.78 Å². The standard InChI is InChI=1S/C26H29F2N/c1-2-3-4-5-17-6-10-22-19(12-17)7-8-20-13-18(9-11-23(20)22)21-14-25(27)24(16-29)26(28)15-21/h9,11,13-15,17,19,22H,2-8,10,12H2,1H3. The number of benzene rings is 2. The van der Waals surface area contributed by atoms with Gasteiger partial charge in [0.15, 0.2) is 0 Å². The van der Waals surface area contributed by atoms with Crippen molar-refractivity contribution in [3.63, 3.8) is 0 Å². The maximum absolute atomic E-state index is 14.0. The summed E-state index contributed by atoms with van der Waals surface area (Å²) in [6.45, 7) is 2.27. The van der Waals surface area contributed by atoms with Gasteiger partial charge in [0.2, 0.25) is 0 Å². The summed E-state index contributed by atoms with van der Waals surface area (Å²) in [6.07, 6.45) is 11.6. The zero-order valence-corrected chi connectivity index (χ0v) is 17.2. The predicted molar refractivity (Wildman–Crippen MR) is 113 cm³/mol. The molecule has 0 radical (unpaired) electrons. The van der Waals surface area contributed by atoms with E-state index in [2.05, 4.69) is 19.1 Å². The second-order valence-electron chi connectivity index (χ2n) is 8.92. The SMILES string of the molecule is CCCCCC1CCC2c3ccc(-c4cc(F)c(C#N)c(F)c4)cc3CCC2C1. The number of nitrogens with zero attached hydrogens (tertiary/aromatic N) is 1. The summed E-state index contributed by atoms with van der Waals surface area (Å²) in [4.78, 5) is 0. The van der Waals surface area contributed by atoms with Gasteiger partial charge in [-0.15, -0.1) is 0 Å². The number of fused-ring (bicyclic) bond motifs is 3. The molecule has 4 rings (SSSR count). The fourth-order valence-electron chi connectivity index (χ4n) is 5.59. The van der Waals surface area contributed by atoms with E-state index in [4.69, 9.17) is 5.26 Å². The van der Waals surface area contributed by atoms with Gasteiger partial charge in [-0.05, 0) is 84.2 Å². The monoisotopic (exact) mass is 393 g/mol. The van der Waals surface area contributed by atoms with Gasteiger partial charge in [0.25, 0.3) is 0 Å². The van der Waals surface area contributed by atoms with Crippen LogP contribution in [0.15, 0.2) is 30.3 Å². The van der Waals surface area contributed by atoms with Crippen LogP contribution >= 0.6 is 0 Å². The third-order valence-electron chi connectivity index (χ3n) is 7.12. The lowest BCUT2D eigenvalue weighted by atomic mass is 9.64. The van der Waals surface area contributed by atoms with Gasteiger partial charge in [0.05, 0.1) is 0 Å². The number of rotatable bonds is 5. The molecule has 1 saturated carbocycles. The first-order valence-electron chi connectivity index (χ1n) is 11.1. The normalized spacial score (nSPS) is 23.2. The smallest absolute Gasteiger partial charge is 0.144 e. The molecule has 3 heteroatoms. The average Bonchev–Trinajstić information content (AvgIpc) is 2.73. The zero-order valence-electron chi connectivity index (χ0n) is 17.2. The quantitative estimate of drug-likeness (QED) is 0.482. The second-order valence-corrected chi connectivity index (χ2v) is 8.92. The van der Waals surface area contributed by atoms with Gasteiger partial charge >= 0.3 is 0 Å². The third kappa shape index (κ3) is 4.08. The van der Waals surface area contributed by atoms with Crippen molar-refractivity contribution in [1.29, 1.82) is 5.26 Å². The molecule has 0 amide bonds. The Balaban J connectivity index is 1.53. The molecule has 0 bridgehead atoms. The Morgan fingerprint density at radius 3 is 2.52 bits per heavy atom. The van der Waals surface area contributed by atoms with Crippen molar-refractivity contribution in [2.45, 2.75) is 70.6 Å². The average molecular weight is 394 g/mol. The van der Waals surface area contributed by atoms with Crippen LogP contribution in [0.25, 0.3) is 11.1 Å². The van der Waals surface area contributed by atoms with Crippen LogP contribution in [-0.4, -0.2) is 0 Å². The lowest BCUT2D eigenvalue weighted by Gasteiger charge is -2.41. The van der Waals surface area contributed by atoms with Crippen LogP contribution in [0.3, 0.4) is 0 Å². The minimum atomic E-state index is -0.790. The Morgan fingerprint density at radius 1 is 1.00 bits per heavy atom.